The maximum absolute atomic E-state index is 6.30. The number of rotatable bonds is 3. The van der Waals surface area contributed by atoms with Gasteiger partial charge in [-0.1, -0.05) is 54.1 Å². The van der Waals surface area contributed by atoms with E-state index in [4.69, 9.17) is 11.6 Å². The average Bonchev–Trinajstić information content (AvgIpc) is 2.39. The van der Waals surface area contributed by atoms with E-state index in [1.165, 1.54) is 11.1 Å². The molecule has 0 fully saturated rings. The van der Waals surface area contributed by atoms with Gasteiger partial charge in [0, 0.05) is 24.8 Å². The summed E-state index contributed by atoms with van der Waals surface area (Å²) < 4.78 is 0. The van der Waals surface area contributed by atoms with Crippen molar-refractivity contribution in [2.24, 2.45) is 0 Å². The van der Waals surface area contributed by atoms with E-state index < -0.39 is 0 Å². The molecular formula is C17H18ClN. The molecule has 0 N–H and O–H groups in total. The normalized spacial score (nSPS) is 10.9. The minimum absolute atomic E-state index is 0.774. The van der Waals surface area contributed by atoms with Gasteiger partial charge in [-0.2, -0.15) is 0 Å². The van der Waals surface area contributed by atoms with Gasteiger partial charge in [0.05, 0.1) is 0 Å². The van der Waals surface area contributed by atoms with Crippen LogP contribution in [0.2, 0.25) is 5.02 Å². The Morgan fingerprint density at radius 2 is 1.63 bits per heavy atom. The molecule has 0 saturated heterocycles. The summed E-state index contributed by atoms with van der Waals surface area (Å²) in [6, 6.07) is 14.4. The third-order valence-electron chi connectivity index (χ3n) is 3.13. The summed E-state index contributed by atoms with van der Waals surface area (Å²) in [6.07, 6.45) is 4.16. The number of anilines is 1. The molecule has 2 heteroatoms. The zero-order valence-corrected chi connectivity index (χ0v) is 12.3. The van der Waals surface area contributed by atoms with Crippen LogP contribution in [-0.2, 0) is 0 Å². The lowest BCUT2D eigenvalue weighted by atomic mass is 10.1. The van der Waals surface area contributed by atoms with E-state index in [1.807, 2.05) is 43.3 Å². The maximum Gasteiger partial charge on any atom is 0.0498 e. The van der Waals surface area contributed by atoms with Crippen LogP contribution in [0.15, 0.2) is 42.5 Å². The molecule has 0 atom stereocenters. The van der Waals surface area contributed by atoms with Gasteiger partial charge >= 0.3 is 0 Å². The maximum atomic E-state index is 6.30. The Morgan fingerprint density at radius 3 is 2.26 bits per heavy atom. The zero-order valence-electron chi connectivity index (χ0n) is 11.5. The highest BCUT2D eigenvalue weighted by Gasteiger charge is 2.01. The van der Waals surface area contributed by atoms with Gasteiger partial charge in [-0.05, 0) is 35.7 Å². The van der Waals surface area contributed by atoms with Gasteiger partial charge < -0.3 is 4.90 Å². The first-order valence-electron chi connectivity index (χ1n) is 6.28. The van der Waals surface area contributed by atoms with Crippen molar-refractivity contribution in [3.05, 3.63) is 64.2 Å². The van der Waals surface area contributed by atoms with Crippen molar-refractivity contribution in [3.8, 4) is 0 Å². The summed E-state index contributed by atoms with van der Waals surface area (Å²) in [5, 5.41) is 0.774. The molecule has 0 heterocycles. The van der Waals surface area contributed by atoms with Crippen LogP contribution in [0, 0.1) is 6.92 Å². The van der Waals surface area contributed by atoms with E-state index in [1.54, 1.807) is 0 Å². The Balaban J connectivity index is 2.27. The molecule has 0 saturated carbocycles. The van der Waals surface area contributed by atoms with Crippen molar-refractivity contribution in [3.63, 3.8) is 0 Å². The van der Waals surface area contributed by atoms with Crippen LogP contribution < -0.4 is 4.90 Å². The fourth-order valence-corrected chi connectivity index (χ4v) is 2.12. The minimum Gasteiger partial charge on any atom is -0.378 e. The van der Waals surface area contributed by atoms with Gasteiger partial charge in [-0.3, -0.25) is 0 Å². The molecule has 0 aliphatic rings. The predicted octanol–water partition coefficient (Wildman–Crippen LogP) is 4.88. The first-order chi connectivity index (χ1) is 9.08. The van der Waals surface area contributed by atoms with Crippen molar-refractivity contribution in [2.45, 2.75) is 6.92 Å². The number of hydrogen-bond donors (Lipinski definition) is 0. The summed E-state index contributed by atoms with van der Waals surface area (Å²) in [5.74, 6) is 0. The Bertz CT molecular complexity index is 600. The van der Waals surface area contributed by atoms with Gasteiger partial charge in [-0.15, -0.1) is 0 Å². The van der Waals surface area contributed by atoms with Crippen LogP contribution in [0.3, 0.4) is 0 Å². The second-order valence-electron chi connectivity index (χ2n) is 4.79. The molecule has 0 aliphatic heterocycles. The number of aryl methyl sites for hydroxylation is 1. The lowest BCUT2D eigenvalue weighted by Gasteiger charge is -2.13. The molecule has 0 bridgehead atoms. The third-order valence-corrected chi connectivity index (χ3v) is 3.46. The quantitative estimate of drug-likeness (QED) is 0.719. The Hall–Kier alpha value is -1.73. The fraction of sp³-hybridized carbons (Fsp3) is 0.176. The van der Waals surface area contributed by atoms with Crippen LogP contribution in [0.4, 0.5) is 5.69 Å². The van der Waals surface area contributed by atoms with Crippen LogP contribution in [0.1, 0.15) is 16.7 Å². The molecule has 2 rings (SSSR count). The molecule has 2 aromatic rings. The van der Waals surface area contributed by atoms with Crippen molar-refractivity contribution in [1.82, 2.24) is 0 Å². The molecule has 0 amide bonds. The van der Waals surface area contributed by atoms with E-state index in [0.717, 1.165) is 16.3 Å². The largest absolute Gasteiger partial charge is 0.378 e. The van der Waals surface area contributed by atoms with Gasteiger partial charge in [0.1, 0.15) is 0 Å². The van der Waals surface area contributed by atoms with Crippen molar-refractivity contribution in [2.75, 3.05) is 19.0 Å². The predicted molar refractivity (Wildman–Crippen MR) is 85.9 cm³/mol. The van der Waals surface area contributed by atoms with Crippen LogP contribution >= 0.6 is 11.6 Å². The molecule has 0 radical (unpaired) electrons. The molecule has 0 spiro atoms. The van der Waals surface area contributed by atoms with Crippen molar-refractivity contribution in [1.29, 1.82) is 0 Å². The van der Waals surface area contributed by atoms with Crippen LogP contribution in [-0.4, -0.2) is 14.1 Å². The number of halogens is 1. The highest BCUT2D eigenvalue weighted by molar-refractivity contribution is 6.32. The smallest absolute Gasteiger partial charge is 0.0498 e. The Kier molecular flexibility index (Phi) is 4.28. The van der Waals surface area contributed by atoms with Crippen LogP contribution in [0.5, 0.6) is 0 Å². The van der Waals surface area contributed by atoms with Crippen LogP contribution in [0.25, 0.3) is 12.2 Å². The summed E-state index contributed by atoms with van der Waals surface area (Å²) in [5.41, 5.74) is 4.63. The summed E-state index contributed by atoms with van der Waals surface area (Å²) in [6.45, 7) is 2.11. The molecule has 98 valence electrons. The fourth-order valence-electron chi connectivity index (χ4n) is 1.88. The average molecular weight is 272 g/mol. The summed E-state index contributed by atoms with van der Waals surface area (Å²) in [4.78, 5) is 2.04. The van der Waals surface area contributed by atoms with E-state index in [0.29, 0.717) is 0 Å². The second kappa shape index (κ2) is 5.94. The summed E-state index contributed by atoms with van der Waals surface area (Å²) >= 11 is 6.30. The van der Waals surface area contributed by atoms with E-state index >= 15 is 0 Å². The van der Waals surface area contributed by atoms with Gasteiger partial charge in [0.15, 0.2) is 0 Å². The van der Waals surface area contributed by atoms with Crippen molar-refractivity contribution >= 4 is 29.4 Å². The topological polar surface area (TPSA) is 3.24 Å². The SMILES string of the molecule is Cc1ccccc1C=Cc1ccc(N(C)C)cc1Cl. The Morgan fingerprint density at radius 1 is 0.947 bits per heavy atom. The number of benzene rings is 2. The monoisotopic (exact) mass is 271 g/mol. The molecule has 19 heavy (non-hydrogen) atoms. The number of hydrogen-bond acceptors (Lipinski definition) is 1. The Labute approximate surface area is 120 Å². The molecular weight excluding hydrogens is 254 g/mol. The molecule has 0 aromatic heterocycles. The van der Waals surface area contributed by atoms with Gasteiger partial charge in [0.25, 0.3) is 0 Å². The zero-order chi connectivity index (χ0) is 13.8. The number of nitrogens with zero attached hydrogens (tertiary/aromatic N) is 1. The molecule has 1 nitrogen and oxygen atoms in total. The van der Waals surface area contributed by atoms with E-state index in [-0.39, 0.29) is 0 Å². The third kappa shape index (κ3) is 3.39. The van der Waals surface area contributed by atoms with Gasteiger partial charge in [0.2, 0.25) is 0 Å². The first kappa shape index (κ1) is 13.7. The lowest BCUT2D eigenvalue weighted by Crippen LogP contribution is -2.08. The second-order valence-corrected chi connectivity index (χ2v) is 5.20. The van der Waals surface area contributed by atoms with E-state index in [9.17, 15) is 0 Å². The molecule has 2 aromatic carbocycles. The minimum atomic E-state index is 0.774. The molecule has 0 unspecified atom stereocenters. The standard InChI is InChI=1S/C17H18ClN/c1-13-6-4-5-7-14(13)8-9-15-10-11-16(19(2)3)12-17(15)18/h4-12H,1-3H3. The van der Waals surface area contributed by atoms with Crippen molar-refractivity contribution < 1.29 is 0 Å². The summed E-state index contributed by atoms with van der Waals surface area (Å²) in [7, 11) is 4.02. The first-order valence-corrected chi connectivity index (χ1v) is 6.66. The van der Waals surface area contributed by atoms with Gasteiger partial charge in [-0.25, -0.2) is 0 Å². The van der Waals surface area contributed by atoms with E-state index in [2.05, 4.69) is 37.3 Å². The highest BCUT2D eigenvalue weighted by Crippen LogP contribution is 2.24. The highest BCUT2D eigenvalue weighted by atomic mass is 35.5. The lowest BCUT2D eigenvalue weighted by molar-refractivity contribution is 1.13. The molecule has 0 aliphatic carbocycles.